The molecule has 0 heterocycles. The maximum absolute atomic E-state index is 12.8. The molecule has 0 bridgehead atoms. The zero-order valence-corrected chi connectivity index (χ0v) is 35.1. The number of hydrogen-bond donors (Lipinski definition) is 0. The molecule has 8 unspecified atom stereocenters. The molecule has 0 radical (unpaired) electrons. The predicted molar refractivity (Wildman–Crippen MR) is 229 cm³/mol. The second kappa shape index (κ2) is 22.1. The van der Waals surface area contributed by atoms with Crippen LogP contribution in [0.3, 0.4) is 0 Å². The van der Waals surface area contributed by atoms with E-state index < -0.39 is 0 Å². The minimum absolute atomic E-state index is 0.0281. The fraction of sp³-hybridized carbons (Fsp3) is 0.667. The van der Waals surface area contributed by atoms with Crippen molar-refractivity contribution >= 4 is 5.97 Å². The van der Waals surface area contributed by atoms with Crippen LogP contribution in [0, 0.1) is 52.3 Å². The molecule has 0 saturated heterocycles. The number of hydrogen-bond acceptors (Lipinski definition) is 2. The monoisotopic (exact) mass is 723 g/mol. The van der Waals surface area contributed by atoms with Crippen LogP contribution in [-0.2, 0) is 9.53 Å². The van der Waals surface area contributed by atoms with Crippen LogP contribution in [-0.4, -0.2) is 12.1 Å². The molecule has 294 valence electrons. The lowest BCUT2D eigenvalue weighted by Gasteiger charge is -2.58. The number of carbonyl (C=O) groups is 1. The van der Waals surface area contributed by atoms with E-state index in [1.165, 1.54) is 44.9 Å². The summed E-state index contributed by atoms with van der Waals surface area (Å²) >= 11 is 0. The molecular weight excluding hydrogens is 645 g/mol. The van der Waals surface area contributed by atoms with E-state index in [1.807, 2.05) is 0 Å². The van der Waals surface area contributed by atoms with Gasteiger partial charge in [0.1, 0.15) is 6.10 Å². The summed E-state index contributed by atoms with van der Waals surface area (Å²) in [5.41, 5.74) is 2.37. The van der Waals surface area contributed by atoms with Crippen LogP contribution < -0.4 is 0 Å². The Hall–Kier alpha value is -2.61. The Labute approximate surface area is 327 Å². The van der Waals surface area contributed by atoms with Gasteiger partial charge in [0.2, 0.25) is 0 Å². The van der Waals surface area contributed by atoms with Crippen molar-refractivity contribution in [2.24, 2.45) is 52.3 Å². The van der Waals surface area contributed by atoms with Crippen molar-refractivity contribution in [2.75, 3.05) is 0 Å². The van der Waals surface area contributed by atoms with Crippen LogP contribution >= 0.6 is 0 Å². The van der Waals surface area contributed by atoms with E-state index in [0.717, 1.165) is 87.4 Å². The lowest BCUT2D eigenvalue weighted by molar-refractivity contribution is -0.151. The summed E-state index contributed by atoms with van der Waals surface area (Å²) in [4.78, 5) is 12.8. The quantitative estimate of drug-likeness (QED) is 0.0924. The summed E-state index contributed by atoms with van der Waals surface area (Å²) in [6.45, 7) is 17.0. The number of allylic oxidation sites excluding steroid dienone is 15. The first kappa shape index (κ1) is 43.1. The molecule has 0 spiro atoms. The maximum Gasteiger partial charge on any atom is 0.306 e. The Balaban J connectivity index is 1.14. The van der Waals surface area contributed by atoms with Gasteiger partial charge in [0.25, 0.3) is 0 Å². The van der Waals surface area contributed by atoms with E-state index in [4.69, 9.17) is 4.74 Å². The average Bonchev–Trinajstić information content (AvgIpc) is 3.50. The highest BCUT2D eigenvalue weighted by Gasteiger charge is 2.59. The van der Waals surface area contributed by atoms with Crippen LogP contribution in [0.15, 0.2) is 96.7 Å². The zero-order chi connectivity index (χ0) is 38.1. The molecule has 3 saturated carbocycles. The molecule has 0 aliphatic heterocycles. The molecule has 2 heteroatoms. The fourth-order valence-corrected chi connectivity index (χ4v) is 11.0. The minimum Gasteiger partial charge on any atom is -0.462 e. The molecule has 0 amide bonds. The summed E-state index contributed by atoms with van der Waals surface area (Å²) < 4.78 is 6.09. The molecule has 3 fully saturated rings. The molecule has 4 rings (SSSR count). The standard InChI is InChI=1S/C51H78O2/c1-8-10-11-12-13-14-15-16-17-18-19-20-21-22-23-24-25-26-27-28-49(52)53-44-35-37-50(6)43(39-44)31-32-45-47-34-33-46(51(47,7)38-36-48(45)50)41(5)29-30-42(9-2)40(3)4/h10-11,13-14,16-17,19-20,22-23,25-26,29-31,40-42,44-48H,8-9,12,15,18,21,24,27-28,32-39H2,1-7H3/b11-10+,14-13+,17-16+,20-19+,23-22+,26-25+,30-29+/t41?,42?,44-,45?,46?,47?,48?,50?,51?/m0/s1. The van der Waals surface area contributed by atoms with Gasteiger partial charge in [-0.2, -0.15) is 0 Å². The van der Waals surface area contributed by atoms with Crippen molar-refractivity contribution in [3.63, 3.8) is 0 Å². The molecule has 0 aromatic rings. The van der Waals surface area contributed by atoms with Crippen molar-refractivity contribution in [1.82, 2.24) is 0 Å². The second-order valence-electron chi connectivity index (χ2n) is 17.9. The normalized spacial score (nSPS) is 31.8. The molecule has 9 atom stereocenters. The van der Waals surface area contributed by atoms with Gasteiger partial charge in [-0.3, -0.25) is 4.79 Å². The van der Waals surface area contributed by atoms with Crippen LogP contribution in [0.5, 0.6) is 0 Å². The van der Waals surface area contributed by atoms with Gasteiger partial charge in [-0.25, -0.2) is 0 Å². The van der Waals surface area contributed by atoms with Gasteiger partial charge in [-0.1, -0.05) is 145 Å². The molecular formula is C51H78O2. The van der Waals surface area contributed by atoms with Crippen molar-refractivity contribution in [2.45, 2.75) is 164 Å². The Morgan fingerprint density at radius 1 is 0.755 bits per heavy atom. The highest BCUT2D eigenvalue weighted by molar-refractivity contribution is 5.69. The largest absolute Gasteiger partial charge is 0.462 e. The van der Waals surface area contributed by atoms with Crippen LogP contribution in [0.25, 0.3) is 0 Å². The summed E-state index contributed by atoms with van der Waals surface area (Å²) in [5.74, 6) is 5.36. The minimum atomic E-state index is -0.0281. The zero-order valence-electron chi connectivity index (χ0n) is 35.1. The van der Waals surface area contributed by atoms with Crippen LogP contribution in [0.1, 0.15) is 158 Å². The second-order valence-corrected chi connectivity index (χ2v) is 17.9. The molecule has 0 aromatic heterocycles. The van der Waals surface area contributed by atoms with Crippen molar-refractivity contribution < 1.29 is 9.53 Å². The molecule has 4 aliphatic carbocycles. The highest BCUT2D eigenvalue weighted by Crippen LogP contribution is 2.67. The van der Waals surface area contributed by atoms with Gasteiger partial charge < -0.3 is 4.74 Å². The number of rotatable bonds is 20. The Kier molecular flexibility index (Phi) is 18.0. The van der Waals surface area contributed by atoms with Crippen molar-refractivity contribution in [3.8, 4) is 0 Å². The average molecular weight is 723 g/mol. The highest BCUT2D eigenvalue weighted by atomic mass is 16.5. The third-order valence-electron chi connectivity index (χ3n) is 14.2. The van der Waals surface area contributed by atoms with Crippen LogP contribution in [0.4, 0.5) is 0 Å². The maximum atomic E-state index is 12.8. The van der Waals surface area contributed by atoms with E-state index in [-0.39, 0.29) is 17.5 Å². The SMILES string of the molecule is CC/C=C/C/C=C/C/C=C/C/C=C/C/C=C/C/C=C/CCC(=O)O[C@H]1CCC2(C)C(=CCC3C2CCC2(C)C(C(C)/C=C/C(CC)C(C)C)CCC32)C1. The number of fused-ring (bicyclic) bond motifs is 5. The first-order chi connectivity index (χ1) is 25.6. The van der Waals surface area contributed by atoms with E-state index in [0.29, 0.717) is 23.7 Å². The summed E-state index contributed by atoms with van der Waals surface area (Å²) in [6, 6.07) is 0. The third kappa shape index (κ3) is 12.2. The van der Waals surface area contributed by atoms with E-state index in [1.54, 1.807) is 5.57 Å². The number of esters is 1. The first-order valence-corrected chi connectivity index (χ1v) is 22.1. The van der Waals surface area contributed by atoms with E-state index in [9.17, 15) is 4.79 Å². The molecule has 0 aromatic carbocycles. The van der Waals surface area contributed by atoms with E-state index >= 15 is 0 Å². The third-order valence-corrected chi connectivity index (χ3v) is 14.2. The fourth-order valence-electron chi connectivity index (χ4n) is 11.0. The van der Waals surface area contributed by atoms with Gasteiger partial charge in [-0.15, -0.1) is 0 Å². The Bertz CT molecular complexity index is 1350. The van der Waals surface area contributed by atoms with Gasteiger partial charge in [0, 0.05) is 12.8 Å². The van der Waals surface area contributed by atoms with Gasteiger partial charge in [0.15, 0.2) is 0 Å². The molecule has 4 aliphatic rings. The molecule has 0 N–H and O–H groups in total. The lowest BCUT2D eigenvalue weighted by atomic mass is 9.47. The van der Waals surface area contributed by atoms with Crippen LogP contribution in [0.2, 0.25) is 0 Å². The summed E-state index contributed by atoms with van der Waals surface area (Å²) in [6.07, 6.45) is 52.8. The van der Waals surface area contributed by atoms with Gasteiger partial charge in [0.05, 0.1) is 0 Å². The molecule has 2 nitrogen and oxygen atoms in total. The van der Waals surface area contributed by atoms with Gasteiger partial charge >= 0.3 is 5.97 Å². The van der Waals surface area contributed by atoms with Crippen molar-refractivity contribution in [3.05, 3.63) is 96.7 Å². The topological polar surface area (TPSA) is 26.3 Å². The Morgan fingerprint density at radius 2 is 1.36 bits per heavy atom. The first-order valence-electron chi connectivity index (χ1n) is 22.1. The number of carbonyl (C=O) groups excluding carboxylic acids is 1. The van der Waals surface area contributed by atoms with Gasteiger partial charge in [-0.05, 0) is 149 Å². The molecule has 53 heavy (non-hydrogen) atoms. The number of ether oxygens (including phenoxy) is 1. The smallest absolute Gasteiger partial charge is 0.306 e. The summed E-state index contributed by atoms with van der Waals surface area (Å²) in [5, 5.41) is 0. The lowest BCUT2D eigenvalue weighted by Crippen LogP contribution is -2.51. The van der Waals surface area contributed by atoms with Crippen molar-refractivity contribution in [1.29, 1.82) is 0 Å². The summed E-state index contributed by atoms with van der Waals surface area (Å²) in [7, 11) is 0. The Morgan fingerprint density at radius 3 is 1.94 bits per heavy atom. The van der Waals surface area contributed by atoms with E-state index in [2.05, 4.69) is 140 Å². The predicted octanol–water partition coefficient (Wildman–Crippen LogP) is 14.8.